The van der Waals surface area contributed by atoms with Crippen molar-refractivity contribution < 1.29 is 4.57 Å². The van der Waals surface area contributed by atoms with Crippen LogP contribution < -0.4 is 4.57 Å². The van der Waals surface area contributed by atoms with Crippen LogP contribution in [0.1, 0.15) is 0 Å². The van der Waals surface area contributed by atoms with Gasteiger partial charge in [0.1, 0.15) is 4.70 Å². The van der Waals surface area contributed by atoms with Crippen molar-refractivity contribution in [3.05, 3.63) is 24.3 Å². The van der Waals surface area contributed by atoms with Gasteiger partial charge in [-0.05, 0) is 17.8 Å². The molecule has 0 spiro atoms. The number of para-hydroxylation sites is 1. The molecule has 3 rings (SSSR count). The van der Waals surface area contributed by atoms with E-state index in [0.29, 0.717) is 4.83 Å². The Morgan fingerprint density at radius 3 is 3.00 bits per heavy atom. The van der Waals surface area contributed by atoms with Crippen LogP contribution in [0.3, 0.4) is 0 Å². The largest absolute Gasteiger partial charge is 0.298 e. The number of aromatic nitrogens is 1. The Bertz CT molecular complexity index is 483. The van der Waals surface area contributed by atoms with Crippen LogP contribution in [0.25, 0.3) is 10.2 Å². The maximum absolute atomic E-state index is 3.69. The zero-order chi connectivity index (χ0) is 9.54. The summed E-state index contributed by atoms with van der Waals surface area (Å²) in [6.07, 6.45) is 0. The number of nitrogens with zero attached hydrogens (tertiary/aromatic N) is 1. The van der Waals surface area contributed by atoms with Crippen molar-refractivity contribution in [1.82, 2.24) is 0 Å². The van der Waals surface area contributed by atoms with Gasteiger partial charge < -0.3 is 0 Å². The maximum atomic E-state index is 3.69. The molecule has 1 aromatic carbocycles. The molecule has 0 amide bonds. The molecule has 0 aliphatic carbocycles. The average molecular weight is 368 g/mol. The third kappa shape index (κ3) is 2.12. The molecule has 5 heteroatoms. The van der Waals surface area contributed by atoms with Crippen molar-refractivity contribution in [2.75, 3.05) is 5.75 Å². The minimum atomic E-state index is 0. The molecule has 2 heterocycles. The van der Waals surface area contributed by atoms with E-state index in [2.05, 4.69) is 44.8 Å². The number of hydrogen-bond donors (Lipinski definition) is 0. The van der Waals surface area contributed by atoms with Gasteiger partial charge in [-0.15, -0.1) is 17.0 Å². The number of hydrogen-bond acceptors (Lipinski definition) is 2. The molecule has 2 aromatic rings. The fraction of sp³-hybridized carbons (Fsp3) is 0.300. The Balaban J connectivity index is 0.000000853. The summed E-state index contributed by atoms with van der Waals surface area (Å²) in [7, 11) is 0. The molecule has 0 N–H and O–H groups in total. The lowest BCUT2D eigenvalue weighted by atomic mass is 10.3. The molecule has 1 nitrogen and oxygen atoms in total. The molecule has 1 aliphatic heterocycles. The zero-order valence-electron chi connectivity index (χ0n) is 7.85. The van der Waals surface area contributed by atoms with Crippen LogP contribution in [0, 0.1) is 0 Å². The highest BCUT2D eigenvalue weighted by Crippen LogP contribution is 2.32. The highest BCUT2D eigenvalue weighted by atomic mass is 79.9. The van der Waals surface area contributed by atoms with Gasteiger partial charge in [0, 0.05) is 11.8 Å². The number of halogens is 2. The number of fused-ring (bicyclic) bond motifs is 3. The van der Waals surface area contributed by atoms with E-state index in [1.807, 2.05) is 23.1 Å². The number of rotatable bonds is 0. The van der Waals surface area contributed by atoms with Crippen molar-refractivity contribution in [3.8, 4) is 0 Å². The SMILES string of the molecule is Br.BrC1CSc2sc3ccccc3[n+]2C1. The van der Waals surface area contributed by atoms with Crippen LogP contribution in [0.5, 0.6) is 0 Å². The minimum Gasteiger partial charge on any atom is -0.175 e. The molecule has 1 unspecified atom stereocenters. The van der Waals surface area contributed by atoms with Crippen molar-refractivity contribution >= 4 is 66.2 Å². The normalized spacial score (nSPS) is 19.7. The monoisotopic (exact) mass is 366 g/mol. The minimum absolute atomic E-state index is 0. The second-order valence-corrected chi connectivity index (χ2v) is 6.95. The van der Waals surface area contributed by atoms with E-state index in [-0.39, 0.29) is 17.0 Å². The van der Waals surface area contributed by atoms with Crippen molar-refractivity contribution in [2.24, 2.45) is 0 Å². The standard InChI is InChI=1S/C10H9BrNS2.BrH/c11-7-5-12-8-3-1-2-4-9(8)14-10(12)13-6-7;/h1-4,7H,5-6H2;1H/q+1;. The summed E-state index contributed by atoms with van der Waals surface area (Å²) in [5.41, 5.74) is 1.38. The van der Waals surface area contributed by atoms with Gasteiger partial charge in [0.25, 0.3) is 4.34 Å². The van der Waals surface area contributed by atoms with Crippen LogP contribution in [0.15, 0.2) is 28.6 Å². The summed E-state index contributed by atoms with van der Waals surface area (Å²) >= 11 is 7.56. The molecule has 0 fully saturated rings. The van der Waals surface area contributed by atoms with Gasteiger partial charge in [-0.1, -0.05) is 39.4 Å². The average Bonchev–Trinajstić information content (AvgIpc) is 2.56. The number of thiazole rings is 1. The van der Waals surface area contributed by atoms with Crippen molar-refractivity contribution in [3.63, 3.8) is 0 Å². The van der Waals surface area contributed by atoms with Gasteiger partial charge >= 0.3 is 0 Å². The first-order valence-corrected chi connectivity index (χ1v) is 7.24. The Hall–Kier alpha value is 0.420. The van der Waals surface area contributed by atoms with Gasteiger partial charge in [0.05, 0.1) is 4.83 Å². The second kappa shape index (κ2) is 4.73. The maximum Gasteiger partial charge on any atom is 0.298 e. The first-order chi connectivity index (χ1) is 6.84. The van der Waals surface area contributed by atoms with Gasteiger partial charge in [-0.25, -0.2) is 0 Å². The van der Waals surface area contributed by atoms with Gasteiger partial charge in [0.15, 0.2) is 6.54 Å². The third-order valence-corrected chi connectivity index (χ3v) is 5.98. The van der Waals surface area contributed by atoms with Gasteiger partial charge in [-0.3, -0.25) is 0 Å². The summed E-state index contributed by atoms with van der Waals surface area (Å²) in [4.78, 5) is 0.614. The highest BCUT2D eigenvalue weighted by Gasteiger charge is 2.28. The Labute approximate surface area is 116 Å². The highest BCUT2D eigenvalue weighted by molar-refractivity contribution is 9.09. The van der Waals surface area contributed by atoms with E-state index in [0.717, 1.165) is 6.54 Å². The Morgan fingerprint density at radius 2 is 2.13 bits per heavy atom. The van der Waals surface area contributed by atoms with E-state index < -0.39 is 0 Å². The van der Waals surface area contributed by atoms with Crippen LogP contribution in [-0.2, 0) is 6.54 Å². The fourth-order valence-corrected chi connectivity index (χ4v) is 4.76. The van der Waals surface area contributed by atoms with Gasteiger partial charge in [0.2, 0.25) is 5.52 Å². The molecule has 0 bridgehead atoms. The molecular formula is C10H10Br2NS2+. The Morgan fingerprint density at radius 1 is 1.33 bits per heavy atom. The Kier molecular flexibility index (Phi) is 3.75. The fourth-order valence-electron chi connectivity index (χ4n) is 1.71. The third-order valence-electron chi connectivity index (χ3n) is 2.34. The van der Waals surface area contributed by atoms with Gasteiger partial charge in [-0.2, -0.15) is 4.57 Å². The van der Waals surface area contributed by atoms with Crippen LogP contribution >= 0.6 is 56.0 Å². The van der Waals surface area contributed by atoms with Crippen LogP contribution in [0.4, 0.5) is 0 Å². The topological polar surface area (TPSA) is 3.88 Å². The summed E-state index contributed by atoms with van der Waals surface area (Å²) in [6, 6.07) is 8.64. The molecular weight excluding hydrogens is 358 g/mol. The summed E-state index contributed by atoms with van der Waals surface area (Å²) < 4.78 is 5.27. The molecule has 0 radical (unpaired) electrons. The van der Waals surface area contributed by atoms with E-state index in [9.17, 15) is 0 Å². The van der Waals surface area contributed by atoms with Crippen LogP contribution in [0.2, 0.25) is 0 Å². The molecule has 1 aromatic heterocycles. The molecule has 0 saturated heterocycles. The lowest BCUT2D eigenvalue weighted by molar-refractivity contribution is -0.702. The predicted molar refractivity (Wildman–Crippen MR) is 75.8 cm³/mol. The van der Waals surface area contributed by atoms with Crippen molar-refractivity contribution in [1.29, 1.82) is 0 Å². The molecule has 80 valence electrons. The second-order valence-electron chi connectivity index (χ2n) is 3.35. The first kappa shape index (κ1) is 11.9. The first-order valence-electron chi connectivity index (χ1n) is 4.53. The lowest BCUT2D eigenvalue weighted by Crippen LogP contribution is -2.42. The quantitative estimate of drug-likeness (QED) is 0.508. The predicted octanol–water partition coefficient (Wildman–Crippen LogP) is 3.64. The van der Waals surface area contributed by atoms with E-state index >= 15 is 0 Å². The molecule has 1 atom stereocenters. The molecule has 0 saturated carbocycles. The number of thioether (sulfide) groups is 1. The van der Waals surface area contributed by atoms with E-state index in [1.165, 1.54) is 20.3 Å². The van der Waals surface area contributed by atoms with E-state index in [1.54, 1.807) is 0 Å². The summed E-state index contributed by atoms with van der Waals surface area (Å²) in [5, 5.41) is 0. The smallest absolute Gasteiger partial charge is 0.175 e. The summed E-state index contributed by atoms with van der Waals surface area (Å²) in [6.45, 7) is 1.10. The summed E-state index contributed by atoms with van der Waals surface area (Å²) in [5.74, 6) is 1.19. The number of alkyl halides is 1. The molecule has 1 aliphatic rings. The van der Waals surface area contributed by atoms with Crippen molar-refractivity contribution in [2.45, 2.75) is 15.7 Å². The molecule has 15 heavy (non-hydrogen) atoms. The lowest BCUT2D eigenvalue weighted by Gasteiger charge is -2.10. The van der Waals surface area contributed by atoms with Crippen LogP contribution in [-0.4, -0.2) is 10.6 Å². The zero-order valence-corrected chi connectivity index (χ0v) is 12.8. The van der Waals surface area contributed by atoms with E-state index in [4.69, 9.17) is 0 Å². The number of benzene rings is 1.